The van der Waals surface area contributed by atoms with E-state index in [1.807, 2.05) is 0 Å². The minimum atomic E-state index is -0.537. The van der Waals surface area contributed by atoms with E-state index in [4.69, 9.17) is 5.41 Å². The van der Waals surface area contributed by atoms with Gasteiger partial charge in [0.25, 0.3) is 0 Å². The van der Waals surface area contributed by atoms with Gasteiger partial charge in [-0.05, 0) is 6.92 Å². The summed E-state index contributed by atoms with van der Waals surface area (Å²) in [4.78, 5) is 20.7. The predicted octanol–water partition coefficient (Wildman–Crippen LogP) is 0.506. The van der Waals surface area contributed by atoms with Gasteiger partial charge in [-0.2, -0.15) is 0 Å². The molecule has 10 heavy (non-hydrogen) atoms. The summed E-state index contributed by atoms with van der Waals surface area (Å²) in [6.07, 6.45) is 0.805. The number of rotatable bonds is 4. The van der Waals surface area contributed by atoms with Gasteiger partial charge in [-0.25, -0.2) is 0 Å². The van der Waals surface area contributed by atoms with Crippen LogP contribution >= 0.6 is 0 Å². The monoisotopic (exact) mass is 143 g/mol. The van der Waals surface area contributed by atoms with Crippen LogP contribution < -0.4 is 0 Å². The van der Waals surface area contributed by atoms with Gasteiger partial charge in [0.1, 0.15) is 5.78 Å². The summed E-state index contributed by atoms with van der Waals surface area (Å²) in [6.45, 7) is 1.40. The molecule has 0 atom stereocenters. The molecule has 0 spiro atoms. The zero-order valence-electron chi connectivity index (χ0n) is 5.72. The molecule has 0 heterocycles. The average molecular weight is 143 g/mol. The molecule has 0 saturated carbocycles. The van der Waals surface area contributed by atoms with Crippen molar-refractivity contribution in [2.24, 2.45) is 0 Å². The second-order valence-corrected chi connectivity index (χ2v) is 1.81. The molecule has 0 aromatic carbocycles. The number of Topliss-reactive ketones (excluding diaryl/α,β-unsaturated/α-hetero) is 1. The van der Waals surface area contributed by atoms with Gasteiger partial charge in [-0.3, -0.25) is 10.2 Å². The fraction of sp³-hybridized carbons (Fsp3) is 0.500. The number of ether oxygens (including phenoxy) is 1. The molecular weight excluding hydrogens is 134 g/mol. The van der Waals surface area contributed by atoms with Crippen molar-refractivity contribution in [1.29, 1.82) is 5.41 Å². The Labute approximate surface area is 58.7 Å². The summed E-state index contributed by atoms with van der Waals surface area (Å²) in [5.41, 5.74) is 0. The summed E-state index contributed by atoms with van der Waals surface area (Å²) < 4.78 is 4.14. The van der Waals surface area contributed by atoms with E-state index in [-0.39, 0.29) is 18.6 Å². The van der Waals surface area contributed by atoms with E-state index in [1.165, 1.54) is 6.92 Å². The normalized spacial score (nSPS) is 8.50. The first-order valence-corrected chi connectivity index (χ1v) is 2.84. The van der Waals surface area contributed by atoms with Crippen molar-refractivity contribution >= 4 is 18.2 Å². The Balaban J connectivity index is 3.39. The summed E-state index contributed by atoms with van der Waals surface area (Å²) in [7, 11) is 0. The van der Waals surface area contributed by atoms with Crippen LogP contribution in [0.15, 0.2) is 0 Å². The van der Waals surface area contributed by atoms with Gasteiger partial charge < -0.3 is 9.53 Å². The molecule has 4 nitrogen and oxygen atoms in total. The lowest BCUT2D eigenvalue weighted by molar-refractivity contribution is -0.136. The summed E-state index contributed by atoms with van der Waals surface area (Å²) in [5.74, 6) is -0.591. The van der Waals surface area contributed by atoms with Crippen LogP contribution in [-0.4, -0.2) is 18.2 Å². The minimum absolute atomic E-state index is 0.0538. The molecule has 0 aromatic heterocycles. The van der Waals surface area contributed by atoms with Gasteiger partial charge in [-0.15, -0.1) is 0 Å². The molecular formula is C6H9NO3. The van der Waals surface area contributed by atoms with Gasteiger partial charge in [0.05, 0.1) is 6.42 Å². The van der Waals surface area contributed by atoms with Crippen molar-refractivity contribution in [1.82, 2.24) is 0 Å². The molecule has 0 aliphatic rings. The highest BCUT2D eigenvalue weighted by atomic mass is 16.5. The van der Waals surface area contributed by atoms with Crippen molar-refractivity contribution in [3.05, 3.63) is 0 Å². The third-order valence-electron chi connectivity index (χ3n) is 0.872. The van der Waals surface area contributed by atoms with Crippen LogP contribution in [-0.2, 0) is 14.3 Å². The lowest BCUT2D eigenvalue weighted by atomic mass is 10.2. The molecule has 4 heteroatoms. The fourth-order valence-corrected chi connectivity index (χ4v) is 0.403. The molecule has 0 aliphatic carbocycles. The Kier molecular flexibility index (Phi) is 4.11. The lowest BCUT2D eigenvalue weighted by Gasteiger charge is -1.93. The molecule has 0 unspecified atom stereocenters. The standard InChI is InChI=1S/C6H9NO3/c1-5(8)2-3-6(9)10-4-7/h4,7H,2-3H2,1H3. The third-order valence-corrected chi connectivity index (χ3v) is 0.872. The Hall–Kier alpha value is -1.19. The van der Waals surface area contributed by atoms with Gasteiger partial charge in [-0.1, -0.05) is 0 Å². The van der Waals surface area contributed by atoms with Crippen LogP contribution in [0.2, 0.25) is 0 Å². The Morgan fingerprint density at radius 2 is 2.10 bits per heavy atom. The maximum atomic E-state index is 10.4. The topological polar surface area (TPSA) is 67.2 Å². The van der Waals surface area contributed by atoms with Crippen LogP contribution in [0.25, 0.3) is 0 Å². The van der Waals surface area contributed by atoms with Gasteiger partial charge in [0, 0.05) is 6.42 Å². The second kappa shape index (κ2) is 4.67. The van der Waals surface area contributed by atoms with Crippen LogP contribution in [0.1, 0.15) is 19.8 Å². The first-order chi connectivity index (χ1) is 4.66. The van der Waals surface area contributed by atoms with Crippen LogP contribution in [0.4, 0.5) is 0 Å². The zero-order chi connectivity index (χ0) is 7.98. The molecule has 0 bridgehead atoms. The van der Waals surface area contributed by atoms with Crippen molar-refractivity contribution in [2.45, 2.75) is 19.8 Å². The van der Waals surface area contributed by atoms with Crippen LogP contribution in [0.3, 0.4) is 0 Å². The summed E-state index contributed by atoms with van der Waals surface area (Å²) in [5, 5.41) is 6.37. The van der Waals surface area contributed by atoms with Gasteiger partial charge in [0.15, 0.2) is 6.40 Å². The van der Waals surface area contributed by atoms with E-state index in [1.54, 1.807) is 0 Å². The third kappa shape index (κ3) is 4.96. The van der Waals surface area contributed by atoms with Gasteiger partial charge in [0.2, 0.25) is 0 Å². The van der Waals surface area contributed by atoms with E-state index in [0.29, 0.717) is 6.40 Å². The molecule has 0 aliphatic heterocycles. The van der Waals surface area contributed by atoms with E-state index < -0.39 is 5.97 Å². The summed E-state index contributed by atoms with van der Waals surface area (Å²) in [6, 6.07) is 0. The van der Waals surface area contributed by atoms with Crippen molar-refractivity contribution in [2.75, 3.05) is 0 Å². The highest BCUT2D eigenvalue weighted by molar-refractivity contribution is 5.83. The fourth-order valence-electron chi connectivity index (χ4n) is 0.403. The van der Waals surface area contributed by atoms with Crippen molar-refractivity contribution in [3.8, 4) is 0 Å². The maximum Gasteiger partial charge on any atom is 0.312 e. The van der Waals surface area contributed by atoms with Crippen molar-refractivity contribution < 1.29 is 14.3 Å². The van der Waals surface area contributed by atoms with E-state index >= 15 is 0 Å². The molecule has 0 aromatic rings. The number of nitrogens with one attached hydrogen (secondary N) is 1. The van der Waals surface area contributed by atoms with Crippen LogP contribution in [0.5, 0.6) is 0 Å². The Bertz CT molecular complexity index is 153. The summed E-state index contributed by atoms with van der Waals surface area (Å²) >= 11 is 0. The number of ketones is 1. The van der Waals surface area contributed by atoms with Gasteiger partial charge >= 0.3 is 5.97 Å². The molecule has 0 amide bonds. The molecule has 1 N–H and O–H groups in total. The Morgan fingerprint density at radius 1 is 1.50 bits per heavy atom. The quantitative estimate of drug-likeness (QED) is 0.354. The highest BCUT2D eigenvalue weighted by Gasteiger charge is 2.02. The molecule has 0 saturated heterocycles. The molecule has 0 rings (SSSR count). The first-order valence-electron chi connectivity index (χ1n) is 2.84. The highest BCUT2D eigenvalue weighted by Crippen LogP contribution is 1.91. The van der Waals surface area contributed by atoms with E-state index in [0.717, 1.165) is 0 Å². The van der Waals surface area contributed by atoms with E-state index in [9.17, 15) is 9.59 Å². The maximum absolute atomic E-state index is 10.4. The number of hydrogen-bond donors (Lipinski definition) is 1. The number of carbonyl (C=O) groups excluding carboxylic acids is 2. The second-order valence-electron chi connectivity index (χ2n) is 1.81. The smallest absolute Gasteiger partial charge is 0.312 e. The molecule has 56 valence electrons. The number of hydrogen-bond acceptors (Lipinski definition) is 4. The van der Waals surface area contributed by atoms with Crippen LogP contribution in [0, 0.1) is 5.41 Å². The van der Waals surface area contributed by atoms with E-state index in [2.05, 4.69) is 4.74 Å². The molecule has 0 radical (unpaired) electrons. The minimum Gasteiger partial charge on any atom is -0.415 e. The predicted molar refractivity (Wildman–Crippen MR) is 34.8 cm³/mol. The SMILES string of the molecule is CC(=O)CCC(=O)OC=N. The lowest BCUT2D eigenvalue weighted by Crippen LogP contribution is -2.04. The molecule has 0 fully saturated rings. The largest absolute Gasteiger partial charge is 0.415 e. The first kappa shape index (κ1) is 8.81. The average Bonchev–Trinajstić information content (AvgIpc) is 1.85. The number of esters is 1. The number of carbonyl (C=O) groups is 2. The zero-order valence-corrected chi connectivity index (χ0v) is 5.72. The van der Waals surface area contributed by atoms with Crippen molar-refractivity contribution in [3.63, 3.8) is 0 Å². The Morgan fingerprint density at radius 3 is 2.50 bits per heavy atom.